The Morgan fingerprint density at radius 3 is 2.71 bits per heavy atom. The summed E-state index contributed by atoms with van der Waals surface area (Å²) in [6, 6.07) is 9.20. The first-order valence-corrected chi connectivity index (χ1v) is 8.37. The molecule has 2 heteroatoms. The number of aromatic nitrogens is 1. The van der Waals surface area contributed by atoms with Crippen LogP contribution in [0.5, 0.6) is 0 Å². The van der Waals surface area contributed by atoms with Crippen LogP contribution >= 0.6 is 0 Å². The van der Waals surface area contributed by atoms with Crippen LogP contribution in [0.2, 0.25) is 0 Å². The van der Waals surface area contributed by atoms with Crippen molar-refractivity contribution in [1.82, 2.24) is 10.3 Å². The second-order valence-electron chi connectivity index (χ2n) is 5.79. The van der Waals surface area contributed by atoms with Crippen molar-refractivity contribution in [3.05, 3.63) is 42.2 Å². The third-order valence-electron chi connectivity index (χ3n) is 4.40. The minimum Gasteiger partial charge on any atom is -0.310 e. The molecule has 0 radical (unpaired) electrons. The third kappa shape index (κ3) is 3.82. The Labute approximate surface area is 129 Å². The van der Waals surface area contributed by atoms with Gasteiger partial charge in [-0.2, -0.15) is 0 Å². The number of rotatable bonds is 8. The summed E-state index contributed by atoms with van der Waals surface area (Å²) in [5.74, 6) is 0.698. The quantitative estimate of drug-likeness (QED) is 0.729. The van der Waals surface area contributed by atoms with E-state index in [2.05, 4.69) is 55.3 Å². The van der Waals surface area contributed by atoms with E-state index in [1.54, 1.807) is 0 Å². The summed E-state index contributed by atoms with van der Waals surface area (Å²) in [7, 11) is 0. The lowest BCUT2D eigenvalue weighted by Crippen LogP contribution is -2.28. The van der Waals surface area contributed by atoms with Crippen molar-refractivity contribution in [2.75, 3.05) is 6.54 Å². The molecule has 0 aliphatic rings. The number of nitrogens with one attached hydrogen (secondary N) is 1. The summed E-state index contributed by atoms with van der Waals surface area (Å²) in [4.78, 5) is 4.25. The van der Waals surface area contributed by atoms with E-state index in [-0.39, 0.29) is 0 Å². The van der Waals surface area contributed by atoms with Gasteiger partial charge in [-0.3, -0.25) is 4.98 Å². The summed E-state index contributed by atoms with van der Waals surface area (Å²) in [6.07, 6.45) is 8.98. The first kappa shape index (κ1) is 16.0. The van der Waals surface area contributed by atoms with Gasteiger partial charge in [0.2, 0.25) is 0 Å². The number of unbranched alkanes of at least 4 members (excludes halogenated alkanes) is 1. The van der Waals surface area contributed by atoms with Crippen LogP contribution in [0.3, 0.4) is 0 Å². The molecule has 0 spiro atoms. The van der Waals surface area contributed by atoms with Gasteiger partial charge in [0.1, 0.15) is 0 Å². The molecule has 1 heterocycles. The summed E-state index contributed by atoms with van der Waals surface area (Å²) < 4.78 is 0. The lowest BCUT2D eigenvalue weighted by atomic mass is 9.85. The highest BCUT2D eigenvalue weighted by atomic mass is 14.9. The van der Waals surface area contributed by atoms with E-state index in [1.807, 2.05) is 12.4 Å². The summed E-state index contributed by atoms with van der Waals surface area (Å²) in [5, 5.41) is 6.31. The number of hydrogen-bond donors (Lipinski definition) is 1. The number of pyridine rings is 1. The molecular formula is C19H28N2. The predicted octanol–water partition coefficient (Wildman–Crippen LogP) is 5.10. The smallest absolute Gasteiger partial charge is 0.0354 e. The highest BCUT2D eigenvalue weighted by molar-refractivity contribution is 5.85. The summed E-state index contributed by atoms with van der Waals surface area (Å²) in [6.45, 7) is 7.80. The van der Waals surface area contributed by atoms with Crippen molar-refractivity contribution in [3.63, 3.8) is 0 Å². The second-order valence-corrected chi connectivity index (χ2v) is 5.79. The van der Waals surface area contributed by atoms with Gasteiger partial charge in [-0.05, 0) is 35.9 Å². The van der Waals surface area contributed by atoms with Gasteiger partial charge >= 0.3 is 0 Å². The van der Waals surface area contributed by atoms with Crippen LogP contribution in [-0.2, 0) is 0 Å². The molecule has 1 aromatic heterocycles. The zero-order valence-electron chi connectivity index (χ0n) is 13.6. The number of nitrogens with zero attached hydrogens (tertiary/aromatic N) is 1. The fourth-order valence-corrected chi connectivity index (χ4v) is 3.24. The van der Waals surface area contributed by atoms with Crippen LogP contribution in [-0.4, -0.2) is 11.5 Å². The third-order valence-corrected chi connectivity index (χ3v) is 4.40. The normalized spacial score (nSPS) is 14.2. The Bertz CT molecular complexity index is 545. The fraction of sp³-hybridized carbons (Fsp3) is 0.526. The molecule has 0 aliphatic carbocycles. The van der Waals surface area contributed by atoms with Gasteiger partial charge in [0.25, 0.3) is 0 Å². The summed E-state index contributed by atoms with van der Waals surface area (Å²) >= 11 is 0. The Morgan fingerprint density at radius 2 is 2.00 bits per heavy atom. The molecule has 0 saturated carbocycles. The largest absolute Gasteiger partial charge is 0.310 e. The predicted molar refractivity (Wildman–Crippen MR) is 91.5 cm³/mol. The lowest BCUT2D eigenvalue weighted by Gasteiger charge is -2.28. The number of fused-ring (bicyclic) bond motifs is 1. The van der Waals surface area contributed by atoms with Gasteiger partial charge in [-0.15, -0.1) is 0 Å². The average molecular weight is 284 g/mol. The molecule has 114 valence electrons. The Morgan fingerprint density at radius 1 is 1.14 bits per heavy atom. The van der Waals surface area contributed by atoms with Crippen molar-refractivity contribution < 1.29 is 0 Å². The van der Waals surface area contributed by atoms with E-state index in [9.17, 15) is 0 Å². The lowest BCUT2D eigenvalue weighted by molar-refractivity contribution is 0.329. The molecule has 2 rings (SSSR count). The molecule has 0 aliphatic heterocycles. The zero-order chi connectivity index (χ0) is 15.1. The molecule has 2 aromatic rings. The molecule has 1 N–H and O–H groups in total. The van der Waals surface area contributed by atoms with Crippen LogP contribution in [0.15, 0.2) is 36.7 Å². The maximum atomic E-state index is 4.25. The van der Waals surface area contributed by atoms with Crippen molar-refractivity contribution in [1.29, 1.82) is 0 Å². The number of benzene rings is 1. The molecule has 2 unspecified atom stereocenters. The van der Waals surface area contributed by atoms with Crippen molar-refractivity contribution in [2.24, 2.45) is 5.92 Å². The highest BCUT2D eigenvalue weighted by Crippen LogP contribution is 2.33. The first-order valence-electron chi connectivity index (χ1n) is 8.37. The van der Waals surface area contributed by atoms with Gasteiger partial charge in [0, 0.05) is 23.8 Å². The van der Waals surface area contributed by atoms with E-state index in [0.717, 1.165) is 6.54 Å². The van der Waals surface area contributed by atoms with Crippen LogP contribution < -0.4 is 5.32 Å². The Balaban J connectivity index is 2.39. The summed E-state index contributed by atoms with van der Waals surface area (Å²) in [5.41, 5.74) is 1.43. The first-order chi connectivity index (χ1) is 10.3. The van der Waals surface area contributed by atoms with Crippen LogP contribution in [0.25, 0.3) is 10.8 Å². The van der Waals surface area contributed by atoms with Gasteiger partial charge in [0.05, 0.1) is 0 Å². The fourth-order valence-electron chi connectivity index (χ4n) is 3.24. The van der Waals surface area contributed by atoms with E-state index < -0.39 is 0 Å². The van der Waals surface area contributed by atoms with Gasteiger partial charge in [0.15, 0.2) is 0 Å². The van der Waals surface area contributed by atoms with Crippen molar-refractivity contribution in [3.8, 4) is 0 Å². The molecule has 0 fully saturated rings. The maximum Gasteiger partial charge on any atom is 0.0354 e. The van der Waals surface area contributed by atoms with Gasteiger partial charge in [-0.1, -0.05) is 58.2 Å². The van der Waals surface area contributed by atoms with Crippen molar-refractivity contribution in [2.45, 2.75) is 52.5 Å². The van der Waals surface area contributed by atoms with Gasteiger partial charge in [-0.25, -0.2) is 0 Å². The Hall–Kier alpha value is -1.41. The van der Waals surface area contributed by atoms with Crippen molar-refractivity contribution >= 4 is 10.8 Å². The standard InChI is InChI=1S/C19H28N2/c1-4-7-9-15(5-2)19(21-6-3)18-11-8-10-16-14-20-13-12-17(16)18/h8,10-15,19,21H,4-7,9H2,1-3H3. The van der Waals surface area contributed by atoms with E-state index in [0.29, 0.717) is 12.0 Å². The second kappa shape index (κ2) is 8.14. The Kier molecular flexibility index (Phi) is 6.19. The SMILES string of the molecule is CCCCC(CC)C(NCC)c1cccc2cnccc12. The number of hydrogen-bond acceptors (Lipinski definition) is 2. The molecule has 0 bridgehead atoms. The molecule has 0 amide bonds. The average Bonchev–Trinajstić information content (AvgIpc) is 2.54. The van der Waals surface area contributed by atoms with Crippen LogP contribution in [0, 0.1) is 5.92 Å². The topological polar surface area (TPSA) is 24.9 Å². The molecule has 1 aromatic carbocycles. The minimum absolute atomic E-state index is 0.442. The molecular weight excluding hydrogens is 256 g/mol. The van der Waals surface area contributed by atoms with Gasteiger partial charge < -0.3 is 5.32 Å². The van der Waals surface area contributed by atoms with E-state index >= 15 is 0 Å². The van der Waals surface area contributed by atoms with E-state index in [1.165, 1.54) is 42.0 Å². The highest BCUT2D eigenvalue weighted by Gasteiger charge is 2.22. The molecule has 0 saturated heterocycles. The molecule has 21 heavy (non-hydrogen) atoms. The minimum atomic E-state index is 0.442. The zero-order valence-corrected chi connectivity index (χ0v) is 13.6. The molecule has 2 atom stereocenters. The monoisotopic (exact) mass is 284 g/mol. The maximum absolute atomic E-state index is 4.25. The molecule has 2 nitrogen and oxygen atoms in total. The van der Waals surface area contributed by atoms with Crippen LogP contribution in [0.4, 0.5) is 0 Å². The van der Waals surface area contributed by atoms with Crippen LogP contribution in [0.1, 0.15) is 58.1 Å². The van der Waals surface area contributed by atoms with E-state index in [4.69, 9.17) is 0 Å².